The minimum atomic E-state index is -1.51. The van der Waals surface area contributed by atoms with Crippen LogP contribution in [0.1, 0.15) is 34.8 Å². The van der Waals surface area contributed by atoms with Crippen LogP contribution in [0.4, 0.5) is 11.4 Å². The van der Waals surface area contributed by atoms with Crippen LogP contribution in [0.2, 0.25) is 0 Å². The normalized spacial score (nSPS) is 9.70. The summed E-state index contributed by atoms with van der Waals surface area (Å²) in [6.45, 7) is 2.30. The molecule has 1 aromatic rings. The third-order valence-corrected chi connectivity index (χ3v) is 2.05. The van der Waals surface area contributed by atoms with Crippen LogP contribution in [-0.2, 0) is 9.59 Å². The van der Waals surface area contributed by atoms with Gasteiger partial charge in [-0.2, -0.15) is 0 Å². The number of rotatable bonds is 4. The number of carboxylic acid groups (broad SMARTS) is 2. The number of aromatic carboxylic acids is 2. The van der Waals surface area contributed by atoms with Crippen LogP contribution in [0.15, 0.2) is 6.07 Å². The molecule has 0 radical (unpaired) electrons. The van der Waals surface area contributed by atoms with Crippen LogP contribution >= 0.6 is 0 Å². The highest BCUT2D eigenvalue weighted by atomic mass is 16.4. The molecule has 1 aromatic heterocycles. The molecule has 0 unspecified atom stereocenters. The highest BCUT2D eigenvalue weighted by Crippen LogP contribution is 2.23. The van der Waals surface area contributed by atoms with E-state index in [9.17, 15) is 19.2 Å². The third-order valence-electron chi connectivity index (χ3n) is 2.05. The van der Waals surface area contributed by atoms with Crippen LogP contribution in [0, 0.1) is 0 Å². The van der Waals surface area contributed by atoms with Gasteiger partial charge >= 0.3 is 11.9 Å². The number of anilines is 2. The zero-order valence-corrected chi connectivity index (χ0v) is 10.6. The molecule has 2 amide bonds. The third kappa shape index (κ3) is 3.51. The number of amides is 2. The van der Waals surface area contributed by atoms with Gasteiger partial charge in [0.15, 0.2) is 11.4 Å². The zero-order chi connectivity index (χ0) is 15.4. The summed E-state index contributed by atoms with van der Waals surface area (Å²) in [5.74, 6) is -4.14. The Hall–Kier alpha value is -2.97. The standard InChI is InChI=1S/C11H11N3O6/c1-4(15)12-6-3-7(13-5(2)16)9(11(19)20)14-8(6)10(17)18/h3H,1-2H3,(H,12,15)(H,13,16)(H,17,18)(H,19,20). The Bertz CT molecular complexity index is 561. The topological polar surface area (TPSA) is 146 Å². The average Bonchev–Trinajstić information content (AvgIpc) is 2.26. The van der Waals surface area contributed by atoms with Crippen LogP contribution in [-0.4, -0.2) is 39.0 Å². The predicted octanol–water partition coefficient (Wildman–Crippen LogP) is 0.395. The summed E-state index contributed by atoms with van der Waals surface area (Å²) >= 11 is 0. The van der Waals surface area contributed by atoms with Crippen molar-refractivity contribution in [2.45, 2.75) is 13.8 Å². The van der Waals surface area contributed by atoms with Gasteiger partial charge in [0, 0.05) is 13.8 Å². The maximum atomic E-state index is 11.0. The molecular formula is C11H11N3O6. The minimum Gasteiger partial charge on any atom is -0.476 e. The zero-order valence-electron chi connectivity index (χ0n) is 10.6. The fourth-order valence-corrected chi connectivity index (χ4v) is 1.41. The Balaban J connectivity index is 3.50. The van der Waals surface area contributed by atoms with Crippen LogP contribution in [0.25, 0.3) is 0 Å². The Morgan fingerprint density at radius 2 is 1.25 bits per heavy atom. The van der Waals surface area contributed by atoms with Gasteiger partial charge in [0.05, 0.1) is 11.4 Å². The van der Waals surface area contributed by atoms with Crippen molar-refractivity contribution in [1.82, 2.24) is 4.98 Å². The maximum absolute atomic E-state index is 11.0. The fraction of sp³-hybridized carbons (Fsp3) is 0.182. The van der Waals surface area contributed by atoms with Gasteiger partial charge in [-0.3, -0.25) is 9.59 Å². The maximum Gasteiger partial charge on any atom is 0.356 e. The Morgan fingerprint density at radius 3 is 1.50 bits per heavy atom. The lowest BCUT2D eigenvalue weighted by atomic mass is 10.2. The Kier molecular flexibility index (Phi) is 4.36. The van der Waals surface area contributed by atoms with Gasteiger partial charge in [-0.05, 0) is 6.07 Å². The summed E-state index contributed by atoms with van der Waals surface area (Å²) in [5.41, 5.74) is -1.68. The van der Waals surface area contributed by atoms with E-state index < -0.39 is 35.1 Å². The van der Waals surface area contributed by atoms with Gasteiger partial charge in [-0.15, -0.1) is 0 Å². The highest BCUT2D eigenvalue weighted by molar-refractivity contribution is 6.04. The van der Waals surface area contributed by atoms with Crippen molar-refractivity contribution in [2.75, 3.05) is 10.6 Å². The molecule has 0 aliphatic rings. The first-order valence-electron chi connectivity index (χ1n) is 5.29. The first-order valence-corrected chi connectivity index (χ1v) is 5.29. The molecule has 0 spiro atoms. The monoisotopic (exact) mass is 281 g/mol. The van der Waals surface area contributed by atoms with Gasteiger partial charge in [-0.25, -0.2) is 14.6 Å². The predicted molar refractivity (Wildman–Crippen MR) is 66.8 cm³/mol. The summed E-state index contributed by atoms with van der Waals surface area (Å²) in [5, 5.41) is 22.3. The number of hydrogen-bond donors (Lipinski definition) is 4. The molecule has 0 fully saturated rings. The quantitative estimate of drug-likeness (QED) is 0.624. The lowest BCUT2D eigenvalue weighted by Crippen LogP contribution is -2.18. The summed E-state index contributed by atoms with van der Waals surface area (Å²) < 4.78 is 0. The fourth-order valence-electron chi connectivity index (χ4n) is 1.41. The molecule has 0 aliphatic heterocycles. The highest BCUT2D eigenvalue weighted by Gasteiger charge is 2.21. The van der Waals surface area contributed by atoms with E-state index in [1.54, 1.807) is 0 Å². The van der Waals surface area contributed by atoms with E-state index in [4.69, 9.17) is 10.2 Å². The molecule has 0 aliphatic carbocycles. The number of hydrogen-bond acceptors (Lipinski definition) is 5. The molecule has 0 saturated heterocycles. The summed E-state index contributed by atoms with van der Waals surface area (Å²) in [6.07, 6.45) is 0. The number of carbonyl (C=O) groups is 4. The number of nitrogens with one attached hydrogen (secondary N) is 2. The van der Waals surface area contributed by atoms with Gasteiger partial charge < -0.3 is 20.8 Å². The smallest absolute Gasteiger partial charge is 0.356 e. The van der Waals surface area contributed by atoms with Crippen molar-refractivity contribution in [3.63, 3.8) is 0 Å². The number of carboxylic acids is 2. The number of nitrogens with zero attached hydrogens (tertiary/aromatic N) is 1. The van der Waals surface area contributed by atoms with Crippen molar-refractivity contribution < 1.29 is 29.4 Å². The van der Waals surface area contributed by atoms with E-state index in [0.29, 0.717) is 0 Å². The van der Waals surface area contributed by atoms with Gasteiger partial charge in [0.2, 0.25) is 11.8 Å². The molecule has 1 rings (SSSR count). The molecule has 106 valence electrons. The van der Waals surface area contributed by atoms with Gasteiger partial charge in [0.25, 0.3) is 0 Å². The largest absolute Gasteiger partial charge is 0.476 e. The second-order valence-electron chi connectivity index (χ2n) is 3.75. The molecule has 4 N–H and O–H groups in total. The molecule has 1 heterocycles. The van der Waals surface area contributed by atoms with E-state index in [2.05, 4.69) is 15.6 Å². The SMILES string of the molecule is CC(=O)Nc1cc(NC(C)=O)c(C(=O)O)nc1C(=O)O. The Morgan fingerprint density at radius 1 is 0.900 bits per heavy atom. The molecule has 0 bridgehead atoms. The lowest BCUT2D eigenvalue weighted by Gasteiger charge is -2.11. The first kappa shape index (κ1) is 15.1. The second-order valence-corrected chi connectivity index (χ2v) is 3.75. The molecule has 9 heteroatoms. The van der Waals surface area contributed by atoms with Crippen LogP contribution in [0.3, 0.4) is 0 Å². The van der Waals surface area contributed by atoms with Gasteiger partial charge in [0.1, 0.15) is 0 Å². The van der Waals surface area contributed by atoms with Gasteiger partial charge in [-0.1, -0.05) is 0 Å². The van der Waals surface area contributed by atoms with Crippen molar-refractivity contribution in [3.8, 4) is 0 Å². The molecule has 0 aromatic carbocycles. The van der Waals surface area contributed by atoms with Crippen molar-refractivity contribution >= 4 is 35.1 Å². The summed E-state index contributed by atoms with van der Waals surface area (Å²) in [6, 6.07) is 1.03. The van der Waals surface area contributed by atoms with E-state index in [0.717, 1.165) is 19.9 Å². The number of aromatic nitrogens is 1. The molecule has 9 nitrogen and oxygen atoms in total. The summed E-state index contributed by atoms with van der Waals surface area (Å²) in [7, 11) is 0. The minimum absolute atomic E-state index is 0.209. The Labute approximate surface area is 112 Å². The van der Waals surface area contributed by atoms with E-state index >= 15 is 0 Å². The molecule has 0 atom stereocenters. The number of pyridine rings is 1. The first-order chi connectivity index (χ1) is 9.22. The molecular weight excluding hydrogens is 270 g/mol. The molecule has 0 saturated carbocycles. The molecule has 20 heavy (non-hydrogen) atoms. The lowest BCUT2D eigenvalue weighted by molar-refractivity contribution is -0.115. The van der Waals surface area contributed by atoms with E-state index in [1.807, 2.05) is 0 Å². The van der Waals surface area contributed by atoms with Crippen LogP contribution in [0.5, 0.6) is 0 Å². The second kappa shape index (κ2) is 5.78. The van der Waals surface area contributed by atoms with E-state index in [1.165, 1.54) is 0 Å². The summed E-state index contributed by atoms with van der Waals surface area (Å²) in [4.78, 5) is 47.5. The van der Waals surface area contributed by atoms with Crippen molar-refractivity contribution in [2.24, 2.45) is 0 Å². The van der Waals surface area contributed by atoms with E-state index in [-0.39, 0.29) is 11.4 Å². The van der Waals surface area contributed by atoms with Crippen molar-refractivity contribution in [3.05, 3.63) is 17.5 Å². The average molecular weight is 281 g/mol. The van der Waals surface area contributed by atoms with Crippen LogP contribution < -0.4 is 10.6 Å². The number of carbonyl (C=O) groups excluding carboxylic acids is 2. The van der Waals surface area contributed by atoms with Crippen molar-refractivity contribution in [1.29, 1.82) is 0 Å².